The van der Waals surface area contributed by atoms with Crippen molar-refractivity contribution in [3.63, 3.8) is 0 Å². The second kappa shape index (κ2) is 7.86. The number of ether oxygens (including phenoxy) is 1. The molecule has 39 heavy (non-hydrogen) atoms. The molecule has 0 amide bonds. The zero-order chi connectivity index (χ0) is 28.4. The van der Waals surface area contributed by atoms with Crippen LogP contribution in [0.4, 0.5) is 0 Å². The molecule has 0 unspecified atom stereocenters. The summed E-state index contributed by atoms with van der Waals surface area (Å²) in [7, 11) is 0. The quantitative estimate of drug-likeness (QED) is 0.442. The Kier molecular flexibility index (Phi) is 5.49. The highest BCUT2D eigenvalue weighted by molar-refractivity contribution is 6.00. The molecular formula is C33H47NO5. The number of aliphatic hydroxyl groups is 1. The lowest BCUT2D eigenvalue weighted by Gasteiger charge is -2.72. The highest BCUT2D eigenvalue weighted by Gasteiger charge is 2.75. The highest BCUT2D eigenvalue weighted by atomic mass is 16.5. The van der Waals surface area contributed by atoms with Gasteiger partial charge in [-0.25, -0.2) is 0 Å². The van der Waals surface area contributed by atoms with E-state index in [-0.39, 0.29) is 51.4 Å². The summed E-state index contributed by atoms with van der Waals surface area (Å²) in [5, 5.41) is 17.2. The van der Waals surface area contributed by atoms with Gasteiger partial charge in [0.15, 0.2) is 5.78 Å². The van der Waals surface area contributed by atoms with Crippen molar-refractivity contribution >= 4 is 11.8 Å². The normalized spacial score (nSPS) is 45.6. The first-order valence-corrected chi connectivity index (χ1v) is 15.0. The summed E-state index contributed by atoms with van der Waals surface area (Å²) >= 11 is 0. The van der Waals surface area contributed by atoms with E-state index in [4.69, 9.17) is 9.26 Å². The number of ketones is 1. The van der Waals surface area contributed by atoms with E-state index >= 15 is 0 Å². The average molecular weight is 538 g/mol. The van der Waals surface area contributed by atoms with Crippen LogP contribution in [-0.4, -0.2) is 34.2 Å². The average Bonchev–Trinajstić information content (AvgIpc) is 3.31. The summed E-state index contributed by atoms with van der Waals surface area (Å²) in [4.78, 5) is 26.5. The molecule has 214 valence electrons. The van der Waals surface area contributed by atoms with Gasteiger partial charge in [-0.15, -0.1) is 0 Å². The summed E-state index contributed by atoms with van der Waals surface area (Å²) in [6, 6.07) is 0. The van der Waals surface area contributed by atoms with E-state index < -0.39 is 11.0 Å². The molecule has 0 radical (unpaired) electrons. The van der Waals surface area contributed by atoms with Crippen LogP contribution in [0.2, 0.25) is 0 Å². The molecule has 7 atom stereocenters. The number of fused-ring (bicyclic) bond motifs is 8. The second-order valence-corrected chi connectivity index (χ2v) is 16.0. The summed E-state index contributed by atoms with van der Waals surface area (Å²) in [6.45, 7) is 17.6. The van der Waals surface area contributed by atoms with Crippen molar-refractivity contribution in [2.24, 2.45) is 38.9 Å². The van der Waals surface area contributed by atoms with Crippen LogP contribution >= 0.6 is 0 Å². The predicted octanol–water partition coefficient (Wildman–Crippen LogP) is 6.35. The van der Waals surface area contributed by atoms with Crippen molar-refractivity contribution in [1.29, 1.82) is 0 Å². The van der Waals surface area contributed by atoms with Crippen LogP contribution in [-0.2, 0) is 26.2 Å². The molecular weight excluding hydrogens is 490 g/mol. The molecule has 0 aliphatic heterocycles. The topological polar surface area (TPSA) is 89.6 Å². The number of hydrogen-bond donors (Lipinski definition) is 1. The number of carbonyl (C=O) groups is 2. The fourth-order valence-electron chi connectivity index (χ4n) is 10.9. The maximum absolute atomic E-state index is 14.6. The monoisotopic (exact) mass is 537 g/mol. The van der Waals surface area contributed by atoms with Gasteiger partial charge in [-0.05, 0) is 79.6 Å². The van der Waals surface area contributed by atoms with Crippen LogP contribution in [0, 0.1) is 38.9 Å². The van der Waals surface area contributed by atoms with Gasteiger partial charge in [0.1, 0.15) is 11.4 Å². The van der Waals surface area contributed by atoms with Crippen LogP contribution in [0.15, 0.2) is 22.4 Å². The number of nitrogens with zero attached hydrogens (tertiary/aromatic N) is 1. The van der Waals surface area contributed by atoms with E-state index in [2.05, 4.69) is 53.6 Å². The molecule has 3 fully saturated rings. The van der Waals surface area contributed by atoms with E-state index in [1.165, 1.54) is 12.5 Å². The van der Waals surface area contributed by atoms with Crippen LogP contribution in [0.1, 0.15) is 112 Å². The number of esters is 1. The van der Waals surface area contributed by atoms with Crippen LogP contribution < -0.4 is 0 Å². The fraction of sp³-hybridized carbons (Fsp3) is 0.788. The number of rotatable bonds is 2. The van der Waals surface area contributed by atoms with E-state index in [9.17, 15) is 14.7 Å². The van der Waals surface area contributed by atoms with Gasteiger partial charge in [-0.3, -0.25) is 9.59 Å². The molecule has 1 heterocycles. The molecule has 3 saturated carbocycles. The van der Waals surface area contributed by atoms with Crippen LogP contribution in [0.5, 0.6) is 0 Å². The molecule has 5 aliphatic rings. The molecule has 1 aromatic rings. The Balaban J connectivity index is 1.51. The lowest BCUT2D eigenvalue weighted by atomic mass is 9.32. The maximum Gasteiger partial charge on any atom is 0.302 e. The predicted molar refractivity (Wildman–Crippen MR) is 148 cm³/mol. The minimum Gasteiger partial charge on any atom is -0.465 e. The summed E-state index contributed by atoms with van der Waals surface area (Å²) in [5.74, 6) is 0.607. The fourth-order valence-corrected chi connectivity index (χ4v) is 10.9. The minimum absolute atomic E-state index is 0.00522. The molecule has 0 aromatic carbocycles. The van der Waals surface area contributed by atoms with Gasteiger partial charge in [0.25, 0.3) is 0 Å². The van der Waals surface area contributed by atoms with E-state index in [0.29, 0.717) is 5.92 Å². The molecule has 0 saturated heterocycles. The van der Waals surface area contributed by atoms with Gasteiger partial charge in [0.05, 0.1) is 12.8 Å². The third kappa shape index (κ3) is 3.21. The zero-order valence-electron chi connectivity index (χ0n) is 25.2. The van der Waals surface area contributed by atoms with Crippen molar-refractivity contribution in [3.05, 3.63) is 29.2 Å². The summed E-state index contributed by atoms with van der Waals surface area (Å²) < 4.78 is 11.5. The minimum atomic E-state index is -1.50. The summed E-state index contributed by atoms with van der Waals surface area (Å²) in [6.07, 6.45) is 10.7. The number of allylic oxidation sites excluding steroid dienone is 1. The first-order chi connectivity index (χ1) is 18.0. The van der Waals surface area contributed by atoms with E-state index in [0.717, 1.165) is 62.7 Å². The van der Waals surface area contributed by atoms with Crippen LogP contribution in [0.25, 0.3) is 0 Å². The molecule has 1 N–H and O–H groups in total. The molecule has 1 aromatic heterocycles. The van der Waals surface area contributed by atoms with E-state index in [1.807, 2.05) is 12.3 Å². The SMILES string of the molecule is CC(=O)OC[C@]12CCC(C)(C)C[C@H]1[C@@]1(O)C(=O)C=C3[C@@]4(C)Cc5cnoc5C(C)(C)[C@@H]4CC[C@@]3(C)[C@]1(C)CC2. The third-order valence-corrected chi connectivity index (χ3v) is 13.3. The maximum atomic E-state index is 14.6. The smallest absolute Gasteiger partial charge is 0.302 e. The van der Waals surface area contributed by atoms with Gasteiger partial charge < -0.3 is 14.4 Å². The highest BCUT2D eigenvalue weighted by Crippen LogP contribution is 2.75. The first-order valence-electron chi connectivity index (χ1n) is 15.0. The number of hydrogen-bond acceptors (Lipinski definition) is 6. The number of carbonyl (C=O) groups excluding carboxylic acids is 2. The van der Waals surface area contributed by atoms with Crippen molar-refractivity contribution in [1.82, 2.24) is 5.16 Å². The molecule has 6 nitrogen and oxygen atoms in total. The zero-order valence-corrected chi connectivity index (χ0v) is 25.2. The first kappa shape index (κ1) is 27.2. The van der Waals surface area contributed by atoms with Gasteiger partial charge >= 0.3 is 5.97 Å². The van der Waals surface area contributed by atoms with Gasteiger partial charge in [-0.1, -0.05) is 59.2 Å². The second-order valence-electron chi connectivity index (χ2n) is 16.0. The standard InChI is InChI=1S/C33H47NO5/c1-20(35)38-19-32-13-11-27(2,3)17-24(32)33(37)25(36)15-23-29(6)16-21-18-34-39-26(21)28(4,5)22(29)9-10-30(23,7)31(33,8)12-14-32/h15,18,22,24,37H,9-14,16-17,19H2,1-8H3/t22-,24+,29-,30+,31-,32+,33+/m0/s1. The van der Waals surface area contributed by atoms with Crippen molar-refractivity contribution in [2.75, 3.05) is 6.61 Å². The lowest BCUT2D eigenvalue weighted by molar-refractivity contribution is -0.252. The molecule has 0 spiro atoms. The van der Waals surface area contributed by atoms with E-state index in [1.54, 1.807) is 0 Å². The van der Waals surface area contributed by atoms with Gasteiger partial charge in [-0.2, -0.15) is 0 Å². The Bertz CT molecular complexity index is 1270. The van der Waals surface area contributed by atoms with Crippen molar-refractivity contribution in [2.45, 2.75) is 118 Å². The summed E-state index contributed by atoms with van der Waals surface area (Å²) in [5.41, 5.74) is -0.899. The Morgan fingerprint density at radius 3 is 2.44 bits per heavy atom. The Labute approximate surface area is 233 Å². The Morgan fingerprint density at radius 1 is 1.05 bits per heavy atom. The molecule has 0 bridgehead atoms. The van der Waals surface area contributed by atoms with Crippen LogP contribution in [0.3, 0.4) is 0 Å². The molecule has 6 rings (SSSR count). The third-order valence-electron chi connectivity index (χ3n) is 13.3. The molecule has 5 aliphatic carbocycles. The van der Waals surface area contributed by atoms with Gasteiger partial charge in [0.2, 0.25) is 0 Å². The largest absolute Gasteiger partial charge is 0.465 e. The van der Waals surface area contributed by atoms with Crippen molar-refractivity contribution < 1.29 is 24.0 Å². The molecule has 6 heteroatoms. The Hall–Kier alpha value is -1.95. The lowest BCUT2D eigenvalue weighted by Crippen LogP contribution is -2.74. The number of aromatic nitrogens is 1. The van der Waals surface area contributed by atoms with Gasteiger partial charge in [0, 0.05) is 34.7 Å². The Morgan fingerprint density at radius 2 is 1.74 bits per heavy atom. The van der Waals surface area contributed by atoms with Crippen molar-refractivity contribution in [3.8, 4) is 0 Å².